The van der Waals surface area contributed by atoms with Crippen molar-refractivity contribution in [1.29, 1.82) is 0 Å². The Kier molecular flexibility index (Phi) is 7.40. The highest BCUT2D eigenvalue weighted by Gasteiger charge is 2.37. The Hall–Kier alpha value is -4.43. The molecule has 0 bridgehead atoms. The number of benzene rings is 3. The third-order valence-electron chi connectivity index (χ3n) is 5.75. The van der Waals surface area contributed by atoms with Gasteiger partial charge in [0.25, 0.3) is 17.7 Å². The molecule has 37 heavy (non-hydrogen) atoms. The first-order valence-corrected chi connectivity index (χ1v) is 11.8. The fourth-order valence-corrected chi connectivity index (χ4v) is 3.96. The van der Waals surface area contributed by atoms with E-state index in [1.54, 1.807) is 43.3 Å². The molecule has 1 heterocycles. The quantitative estimate of drug-likeness (QED) is 0.355. The summed E-state index contributed by atoms with van der Waals surface area (Å²) in [6.45, 7) is 5.36. The standard InChI is InChI=1S/C28H24ClN3O5/c1-16-8-11-23(18(3)12-16)30-25(33)15-37-24-7-5-4-6-19(24)13-21-26(34)31-28(36)32(27(21)35)20-10-9-17(2)22(29)14-20/h4-14H,15H2,1-3H3,(H,30,33)(H,31,34,36)/b21-13+. The van der Waals surface area contributed by atoms with Crippen molar-refractivity contribution in [3.05, 3.63) is 93.5 Å². The maximum atomic E-state index is 13.2. The molecule has 9 heteroatoms. The lowest BCUT2D eigenvalue weighted by atomic mass is 10.1. The molecular formula is C28H24ClN3O5. The molecule has 4 rings (SSSR count). The Morgan fingerprint density at radius 2 is 1.76 bits per heavy atom. The van der Waals surface area contributed by atoms with Crippen LogP contribution in [0.15, 0.2) is 66.2 Å². The highest BCUT2D eigenvalue weighted by atomic mass is 35.5. The van der Waals surface area contributed by atoms with E-state index < -0.39 is 17.8 Å². The Bertz CT molecular complexity index is 1460. The van der Waals surface area contributed by atoms with Crippen LogP contribution in [0.1, 0.15) is 22.3 Å². The number of rotatable bonds is 6. The molecule has 1 fully saturated rings. The summed E-state index contributed by atoms with van der Waals surface area (Å²) < 4.78 is 5.71. The average molecular weight is 518 g/mol. The second kappa shape index (κ2) is 10.7. The monoisotopic (exact) mass is 517 g/mol. The summed E-state index contributed by atoms with van der Waals surface area (Å²) in [4.78, 5) is 51.6. The van der Waals surface area contributed by atoms with Crippen molar-refractivity contribution in [3.8, 4) is 5.75 Å². The number of ether oxygens (including phenoxy) is 1. The van der Waals surface area contributed by atoms with Gasteiger partial charge in [-0.25, -0.2) is 9.69 Å². The number of amides is 5. The lowest BCUT2D eigenvalue weighted by Crippen LogP contribution is -2.54. The van der Waals surface area contributed by atoms with Crippen LogP contribution in [-0.4, -0.2) is 30.4 Å². The lowest BCUT2D eigenvalue weighted by molar-refractivity contribution is -0.122. The summed E-state index contributed by atoms with van der Waals surface area (Å²) in [5, 5.41) is 5.36. The van der Waals surface area contributed by atoms with E-state index in [0.717, 1.165) is 21.6 Å². The van der Waals surface area contributed by atoms with Crippen molar-refractivity contribution in [2.45, 2.75) is 20.8 Å². The first-order chi connectivity index (χ1) is 17.6. The molecule has 0 aromatic heterocycles. The van der Waals surface area contributed by atoms with Crippen LogP contribution in [0.4, 0.5) is 16.2 Å². The van der Waals surface area contributed by atoms with Crippen molar-refractivity contribution >= 4 is 52.8 Å². The fourth-order valence-electron chi connectivity index (χ4n) is 3.78. The van der Waals surface area contributed by atoms with Gasteiger partial charge in [0.05, 0.1) is 5.69 Å². The number of hydrogen-bond donors (Lipinski definition) is 2. The number of nitrogens with zero attached hydrogens (tertiary/aromatic N) is 1. The van der Waals surface area contributed by atoms with Crippen molar-refractivity contribution in [3.63, 3.8) is 0 Å². The minimum absolute atomic E-state index is 0.226. The number of halogens is 1. The first kappa shape index (κ1) is 25.7. The topological polar surface area (TPSA) is 105 Å². The van der Waals surface area contributed by atoms with E-state index >= 15 is 0 Å². The van der Waals surface area contributed by atoms with E-state index in [4.69, 9.17) is 16.3 Å². The number of anilines is 2. The third kappa shape index (κ3) is 5.70. The normalized spacial score (nSPS) is 14.5. The number of para-hydroxylation sites is 1. The van der Waals surface area contributed by atoms with Gasteiger partial charge in [0.15, 0.2) is 6.61 Å². The molecule has 0 radical (unpaired) electrons. The molecule has 0 unspecified atom stereocenters. The maximum Gasteiger partial charge on any atom is 0.335 e. The summed E-state index contributed by atoms with van der Waals surface area (Å²) in [6, 6.07) is 16.2. The molecule has 8 nitrogen and oxygen atoms in total. The zero-order valence-electron chi connectivity index (χ0n) is 20.4. The van der Waals surface area contributed by atoms with E-state index in [-0.39, 0.29) is 29.5 Å². The molecular weight excluding hydrogens is 494 g/mol. The Morgan fingerprint density at radius 1 is 1.00 bits per heavy atom. The zero-order chi connectivity index (χ0) is 26.7. The van der Waals surface area contributed by atoms with Crippen molar-refractivity contribution in [1.82, 2.24) is 5.32 Å². The van der Waals surface area contributed by atoms with E-state index in [1.807, 2.05) is 32.0 Å². The summed E-state index contributed by atoms with van der Waals surface area (Å²) in [6.07, 6.45) is 1.32. The second-order valence-electron chi connectivity index (χ2n) is 8.58. The van der Waals surface area contributed by atoms with Gasteiger partial charge in [-0.3, -0.25) is 19.7 Å². The molecule has 1 aliphatic heterocycles. The summed E-state index contributed by atoms with van der Waals surface area (Å²) in [5.74, 6) is -1.73. The highest BCUT2D eigenvalue weighted by Crippen LogP contribution is 2.28. The number of barbiturate groups is 1. The van der Waals surface area contributed by atoms with Gasteiger partial charge in [0.2, 0.25) is 0 Å². The fraction of sp³-hybridized carbons (Fsp3) is 0.143. The van der Waals surface area contributed by atoms with Crippen LogP contribution < -0.4 is 20.3 Å². The SMILES string of the molecule is Cc1ccc(NC(=O)COc2ccccc2/C=C2\C(=O)NC(=O)N(c3ccc(C)c(Cl)c3)C2=O)c(C)c1. The molecule has 0 spiro atoms. The number of carbonyl (C=O) groups is 4. The predicted octanol–water partition coefficient (Wildman–Crippen LogP) is 4.95. The third-order valence-corrected chi connectivity index (χ3v) is 6.16. The molecule has 2 N–H and O–H groups in total. The van der Waals surface area contributed by atoms with Gasteiger partial charge in [-0.2, -0.15) is 0 Å². The second-order valence-corrected chi connectivity index (χ2v) is 8.99. The molecule has 0 saturated carbocycles. The number of imide groups is 2. The molecule has 1 saturated heterocycles. The van der Waals surface area contributed by atoms with Crippen LogP contribution in [0.2, 0.25) is 5.02 Å². The zero-order valence-corrected chi connectivity index (χ0v) is 21.2. The smallest absolute Gasteiger partial charge is 0.335 e. The van der Waals surface area contributed by atoms with E-state index in [9.17, 15) is 19.2 Å². The average Bonchev–Trinajstić information content (AvgIpc) is 2.85. The molecule has 0 atom stereocenters. The minimum Gasteiger partial charge on any atom is -0.483 e. The van der Waals surface area contributed by atoms with Gasteiger partial charge in [-0.15, -0.1) is 0 Å². The van der Waals surface area contributed by atoms with Crippen molar-refractivity contribution < 1.29 is 23.9 Å². The van der Waals surface area contributed by atoms with Crippen LogP contribution in [0.25, 0.3) is 6.08 Å². The van der Waals surface area contributed by atoms with Gasteiger partial charge >= 0.3 is 6.03 Å². The Balaban J connectivity index is 1.55. The first-order valence-electron chi connectivity index (χ1n) is 11.4. The number of hydrogen-bond acceptors (Lipinski definition) is 5. The number of aryl methyl sites for hydroxylation is 3. The van der Waals surface area contributed by atoms with Crippen LogP contribution >= 0.6 is 11.6 Å². The van der Waals surface area contributed by atoms with Crippen LogP contribution in [0, 0.1) is 20.8 Å². The van der Waals surface area contributed by atoms with E-state index in [0.29, 0.717) is 16.3 Å². The molecule has 0 aliphatic carbocycles. The van der Waals surface area contributed by atoms with Crippen LogP contribution in [0.3, 0.4) is 0 Å². The molecule has 3 aromatic carbocycles. The number of nitrogens with one attached hydrogen (secondary N) is 2. The van der Waals surface area contributed by atoms with E-state index in [2.05, 4.69) is 10.6 Å². The summed E-state index contributed by atoms with van der Waals surface area (Å²) >= 11 is 6.17. The molecule has 3 aromatic rings. The highest BCUT2D eigenvalue weighted by molar-refractivity contribution is 6.39. The maximum absolute atomic E-state index is 13.2. The van der Waals surface area contributed by atoms with Crippen LogP contribution in [0.5, 0.6) is 5.75 Å². The van der Waals surface area contributed by atoms with Gasteiger partial charge in [0, 0.05) is 16.3 Å². The minimum atomic E-state index is -0.875. The molecule has 1 aliphatic rings. The van der Waals surface area contributed by atoms with Gasteiger partial charge in [0.1, 0.15) is 11.3 Å². The van der Waals surface area contributed by atoms with Gasteiger partial charge in [-0.1, -0.05) is 53.6 Å². The van der Waals surface area contributed by atoms with E-state index in [1.165, 1.54) is 12.1 Å². The van der Waals surface area contributed by atoms with Gasteiger partial charge in [-0.05, 0) is 62.2 Å². The lowest BCUT2D eigenvalue weighted by Gasteiger charge is -2.26. The Morgan fingerprint density at radius 3 is 2.49 bits per heavy atom. The largest absolute Gasteiger partial charge is 0.483 e. The summed E-state index contributed by atoms with van der Waals surface area (Å²) in [7, 11) is 0. The van der Waals surface area contributed by atoms with Crippen molar-refractivity contribution in [2.24, 2.45) is 0 Å². The van der Waals surface area contributed by atoms with Gasteiger partial charge < -0.3 is 10.1 Å². The predicted molar refractivity (Wildman–Crippen MR) is 142 cm³/mol. The molecule has 5 amide bonds. The molecule has 188 valence electrons. The summed E-state index contributed by atoms with van der Waals surface area (Å²) in [5.41, 5.74) is 3.80. The van der Waals surface area contributed by atoms with Crippen molar-refractivity contribution in [2.75, 3.05) is 16.8 Å². The Labute approximate surface area is 218 Å². The van der Waals surface area contributed by atoms with Crippen LogP contribution in [-0.2, 0) is 14.4 Å². The number of urea groups is 1. The number of carbonyl (C=O) groups excluding carboxylic acids is 4.